The van der Waals surface area contributed by atoms with Crippen LogP contribution in [0, 0.1) is 5.82 Å². The van der Waals surface area contributed by atoms with Crippen LogP contribution in [0.2, 0.25) is 0 Å². The molecular weight excluding hydrogens is 399 g/mol. The van der Waals surface area contributed by atoms with E-state index in [9.17, 15) is 4.39 Å². The predicted octanol–water partition coefficient (Wildman–Crippen LogP) is 3.60. The molecule has 31 heavy (non-hydrogen) atoms. The Bertz CT molecular complexity index is 993. The number of halogens is 1. The predicted molar refractivity (Wildman–Crippen MR) is 114 cm³/mol. The van der Waals surface area contributed by atoms with Crippen molar-refractivity contribution in [2.24, 2.45) is 0 Å². The zero-order valence-corrected chi connectivity index (χ0v) is 17.9. The van der Waals surface area contributed by atoms with Crippen molar-refractivity contribution in [2.75, 3.05) is 40.4 Å². The van der Waals surface area contributed by atoms with Crippen LogP contribution in [-0.4, -0.2) is 60.3 Å². The Hall–Kier alpha value is -2.97. The Labute approximate surface area is 181 Å². The van der Waals surface area contributed by atoms with E-state index in [2.05, 4.69) is 19.9 Å². The molecule has 1 aliphatic rings. The van der Waals surface area contributed by atoms with Crippen molar-refractivity contribution in [2.45, 2.75) is 19.5 Å². The fourth-order valence-electron chi connectivity index (χ4n) is 3.79. The number of rotatable bonds is 7. The summed E-state index contributed by atoms with van der Waals surface area (Å²) in [6, 6.07) is 12.3. The Kier molecular flexibility index (Phi) is 6.79. The van der Waals surface area contributed by atoms with Gasteiger partial charge in [0.2, 0.25) is 11.7 Å². The molecule has 0 N–H and O–H groups in total. The second kappa shape index (κ2) is 9.89. The van der Waals surface area contributed by atoms with Crippen LogP contribution in [0.5, 0.6) is 11.5 Å². The largest absolute Gasteiger partial charge is 0.497 e. The van der Waals surface area contributed by atoms with E-state index in [-0.39, 0.29) is 5.82 Å². The smallest absolute Gasteiger partial charge is 0.241 e. The summed E-state index contributed by atoms with van der Waals surface area (Å²) in [4.78, 5) is 9.30. The minimum absolute atomic E-state index is 0.197. The van der Waals surface area contributed by atoms with E-state index in [4.69, 9.17) is 14.0 Å². The zero-order valence-electron chi connectivity index (χ0n) is 17.9. The average molecular weight is 426 g/mol. The van der Waals surface area contributed by atoms with Crippen molar-refractivity contribution in [1.29, 1.82) is 0 Å². The molecule has 0 spiro atoms. The van der Waals surface area contributed by atoms with Crippen LogP contribution in [0.1, 0.15) is 17.9 Å². The molecule has 1 aromatic heterocycles. The van der Waals surface area contributed by atoms with Crippen LogP contribution in [0.4, 0.5) is 4.39 Å². The van der Waals surface area contributed by atoms with Gasteiger partial charge in [-0.2, -0.15) is 4.98 Å². The van der Waals surface area contributed by atoms with Gasteiger partial charge in [-0.1, -0.05) is 17.3 Å². The maximum absolute atomic E-state index is 13.1. The molecule has 0 aliphatic carbocycles. The van der Waals surface area contributed by atoms with Crippen LogP contribution < -0.4 is 9.47 Å². The molecule has 7 nitrogen and oxygen atoms in total. The van der Waals surface area contributed by atoms with Crippen LogP contribution in [-0.2, 0) is 13.1 Å². The number of nitrogens with zero attached hydrogens (tertiary/aromatic N) is 4. The van der Waals surface area contributed by atoms with Gasteiger partial charge in [-0.3, -0.25) is 9.80 Å². The maximum atomic E-state index is 13.1. The Balaban J connectivity index is 1.36. The van der Waals surface area contributed by atoms with Crippen molar-refractivity contribution in [3.05, 3.63) is 59.7 Å². The molecule has 1 aliphatic heterocycles. The van der Waals surface area contributed by atoms with Gasteiger partial charge in [-0.25, -0.2) is 4.39 Å². The minimum Gasteiger partial charge on any atom is -0.497 e. The second-order valence-corrected chi connectivity index (χ2v) is 7.61. The van der Waals surface area contributed by atoms with Crippen LogP contribution in [0.25, 0.3) is 11.4 Å². The lowest BCUT2D eigenvalue weighted by atomic mass is 10.2. The third-order valence-corrected chi connectivity index (χ3v) is 5.48. The normalized spacial score (nSPS) is 15.6. The first-order valence-electron chi connectivity index (χ1n) is 10.4. The van der Waals surface area contributed by atoms with E-state index in [0.717, 1.165) is 50.3 Å². The number of hydrogen-bond acceptors (Lipinski definition) is 7. The zero-order chi connectivity index (χ0) is 21.6. The number of benzene rings is 2. The Morgan fingerprint density at radius 1 is 0.935 bits per heavy atom. The van der Waals surface area contributed by atoms with Crippen molar-refractivity contribution >= 4 is 0 Å². The van der Waals surface area contributed by atoms with Crippen molar-refractivity contribution in [3.8, 4) is 22.9 Å². The van der Waals surface area contributed by atoms with E-state index >= 15 is 0 Å². The lowest BCUT2D eigenvalue weighted by Gasteiger charge is -2.21. The quantitative estimate of drug-likeness (QED) is 0.572. The van der Waals surface area contributed by atoms with Crippen molar-refractivity contribution in [1.82, 2.24) is 19.9 Å². The highest BCUT2D eigenvalue weighted by molar-refractivity contribution is 5.65. The van der Waals surface area contributed by atoms with Gasteiger partial charge in [0, 0.05) is 25.7 Å². The molecule has 4 rings (SSSR count). The van der Waals surface area contributed by atoms with E-state index in [1.54, 1.807) is 20.3 Å². The molecule has 0 amide bonds. The van der Waals surface area contributed by atoms with Gasteiger partial charge in [-0.05, 0) is 49.3 Å². The molecule has 2 heterocycles. The van der Waals surface area contributed by atoms with Crippen LogP contribution >= 0.6 is 0 Å². The first-order chi connectivity index (χ1) is 15.1. The fourth-order valence-corrected chi connectivity index (χ4v) is 3.79. The average Bonchev–Trinajstić information content (AvgIpc) is 3.14. The molecule has 0 atom stereocenters. The highest BCUT2D eigenvalue weighted by Crippen LogP contribution is 2.31. The summed E-state index contributed by atoms with van der Waals surface area (Å²) in [5, 5.41) is 4.14. The topological polar surface area (TPSA) is 63.9 Å². The summed E-state index contributed by atoms with van der Waals surface area (Å²) < 4.78 is 29.3. The maximum Gasteiger partial charge on any atom is 0.241 e. The molecule has 0 bridgehead atoms. The monoisotopic (exact) mass is 426 g/mol. The van der Waals surface area contributed by atoms with Crippen molar-refractivity contribution < 1.29 is 18.4 Å². The highest BCUT2D eigenvalue weighted by Gasteiger charge is 2.19. The van der Waals surface area contributed by atoms with Gasteiger partial charge < -0.3 is 14.0 Å². The lowest BCUT2D eigenvalue weighted by molar-refractivity contribution is 0.222. The first-order valence-corrected chi connectivity index (χ1v) is 10.4. The summed E-state index contributed by atoms with van der Waals surface area (Å²) in [6.07, 6.45) is 1.05. The molecule has 0 saturated carbocycles. The van der Waals surface area contributed by atoms with Gasteiger partial charge in [0.05, 0.1) is 26.3 Å². The summed E-state index contributed by atoms with van der Waals surface area (Å²) in [5.41, 5.74) is 1.89. The van der Waals surface area contributed by atoms with Crippen LogP contribution in [0.3, 0.4) is 0 Å². The Morgan fingerprint density at radius 2 is 1.68 bits per heavy atom. The fraction of sp³-hybridized carbons (Fsp3) is 0.391. The summed E-state index contributed by atoms with van der Waals surface area (Å²) >= 11 is 0. The SMILES string of the molecule is COc1ccc(-c2noc(CN3CCCN(Cc4ccc(F)cc4)CC3)n2)c(OC)c1. The number of hydrogen-bond donors (Lipinski definition) is 0. The number of methoxy groups -OCH3 is 2. The number of ether oxygens (including phenoxy) is 2. The van der Waals surface area contributed by atoms with Gasteiger partial charge in [0.1, 0.15) is 17.3 Å². The molecule has 0 unspecified atom stereocenters. The Morgan fingerprint density at radius 3 is 2.39 bits per heavy atom. The van der Waals surface area contributed by atoms with Gasteiger partial charge in [0.15, 0.2) is 0 Å². The standard InChI is InChI=1S/C23H27FN4O3/c1-29-19-8-9-20(21(14-19)30-2)23-25-22(31-26-23)16-28-11-3-10-27(12-13-28)15-17-4-6-18(24)7-5-17/h4-9,14H,3,10-13,15-16H2,1-2H3. The minimum atomic E-state index is -0.197. The van der Waals surface area contributed by atoms with Gasteiger partial charge >= 0.3 is 0 Å². The first kappa shape index (κ1) is 21.3. The van der Waals surface area contributed by atoms with Gasteiger partial charge in [-0.15, -0.1) is 0 Å². The molecule has 1 saturated heterocycles. The lowest BCUT2D eigenvalue weighted by Crippen LogP contribution is -2.30. The summed E-state index contributed by atoms with van der Waals surface area (Å²) in [6.45, 7) is 5.25. The van der Waals surface area contributed by atoms with E-state index in [0.29, 0.717) is 29.8 Å². The third-order valence-electron chi connectivity index (χ3n) is 5.48. The molecule has 0 radical (unpaired) electrons. The third kappa shape index (κ3) is 5.39. The molecule has 3 aromatic rings. The molecule has 164 valence electrons. The molecule has 1 fully saturated rings. The highest BCUT2D eigenvalue weighted by atomic mass is 19.1. The molecule has 2 aromatic carbocycles. The van der Waals surface area contributed by atoms with Crippen molar-refractivity contribution in [3.63, 3.8) is 0 Å². The summed E-state index contributed by atoms with van der Waals surface area (Å²) in [7, 11) is 3.22. The summed E-state index contributed by atoms with van der Waals surface area (Å²) in [5.74, 6) is 2.23. The number of aromatic nitrogens is 2. The van der Waals surface area contributed by atoms with Gasteiger partial charge in [0.25, 0.3) is 0 Å². The van der Waals surface area contributed by atoms with Crippen LogP contribution in [0.15, 0.2) is 47.0 Å². The molecular formula is C23H27FN4O3. The van der Waals surface area contributed by atoms with E-state index in [1.807, 2.05) is 24.3 Å². The van der Waals surface area contributed by atoms with E-state index < -0.39 is 0 Å². The van der Waals surface area contributed by atoms with E-state index in [1.165, 1.54) is 12.1 Å². The second-order valence-electron chi connectivity index (χ2n) is 7.61. The molecule has 8 heteroatoms.